The Morgan fingerprint density at radius 3 is 2.80 bits per heavy atom. The number of carbonyl (C=O) groups excluding carboxylic acids is 1. The second kappa shape index (κ2) is 4.93. The van der Waals surface area contributed by atoms with Crippen LogP contribution < -0.4 is 11.1 Å². The quantitative estimate of drug-likeness (QED) is 0.730. The van der Waals surface area contributed by atoms with Crippen molar-refractivity contribution in [1.82, 2.24) is 15.1 Å². The number of nitrogens with zero attached hydrogens (tertiary/aromatic N) is 2. The number of rotatable bonds is 5. The zero-order valence-electron chi connectivity index (χ0n) is 9.40. The third kappa shape index (κ3) is 2.56. The molecule has 0 saturated carbocycles. The number of hydrogen-bond acceptors (Lipinski definition) is 3. The summed E-state index contributed by atoms with van der Waals surface area (Å²) in [6.07, 6.45) is 1.72. The van der Waals surface area contributed by atoms with Crippen LogP contribution >= 0.6 is 0 Å². The molecule has 1 aromatic heterocycles. The molecule has 2 unspecified atom stereocenters. The van der Waals surface area contributed by atoms with Crippen LogP contribution in [-0.2, 0) is 4.79 Å². The summed E-state index contributed by atoms with van der Waals surface area (Å²) in [4.78, 5) is 11.3. The predicted molar refractivity (Wildman–Crippen MR) is 58.3 cm³/mol. The van der Waals surface area contributed by atoms with Crippen molar-refractivity contribution in [3.63, 3.8) is 0 Å². The van der Waals surface area contributed by atoms with Crippen molar-refractivity contribution in [2.24, 2.45) is 5.73 Å². The van der Waals surface area contributed by atoms with Crippen LogP contribution in [0, 0.1) is 6.92 Å². The van der Waals surface area contributed by atoms with E-state index in [1.54, 1.807) is 10.9 Å². The number of primary amides is 1. The number of nitrogens with two attached hydrogens (primary N) is 1. The highest BCUT2D eigenvalue weighted by molar-refractivity contribution is 5.80. The van der Waals surface area contributed by atoms with E-state index in [-0.39, 0.29) is 18.0 Å². The van der Waals surface area contributed by atoms with Gasteiger partial charge in [0.2, 0.25) is 5.91 Å². The first kappa shape index (κ1) is 11.7. The SMILES string of the molecule is CCNC(C(N)=O)C(C)n1nccc1C. The van der Waals surface area contributed by atoms with Crippen molar-refractivity contribution >= 4 is 5.91 Å². The number of hydrogen-bond donors (Lipinski definition) is 2. The fourth-order valence-electron chi connectivity index (χ4n) is 1.68. The van der Waals surface area contributed by atoms with Gasteiger partial charge in [0.15, 0.2) is 0 Å². The fourth-order valence-corrected chi connectivity index (χ4v) is 1.68. The molecule has 0 aliphatic heterocycles. The van der Waals surface area contributed by atoms with Crippen LogP contribution in [0.3, 0.4) is 0 Å². The molecular weight excluding hydrogens is 192 g/mol. The molecule has 0 aliphatic rings. The van der Waals surface area contributed by atoms with Crippen molar-refractivity contribution in [3.05, 3.63) is 18.0 Å². The highest BCUT2D eigenvalue weighted by Crippen LogP contribution is 2.12. The smallest absolute Gasteiger partial charge is 0.236 e. The Kier molecular flexibility index (Phi) is 3.85. The van der Waals surface area contributed by atoms with Crippen molar-refractivity contribution in [1.29, 1.82) is 0 Å². The Balaban J connectivity index is 2.85. The van der Waals surface area contributed by atoms with Gasteiger partial charge >= 0.3 is 0 Å². The third-order valence-electron chi connectivity index (χ3n) is 2.47. The van der Waals surface area contributed by atoms with Crippen LogP contribution in [0.1, 0.15) is 25.6 Å². The van der Waals surface area contributed by atoms with E-state index in [2.05, 4.69) is 10.4 Å². The van der Waals surface area contributed by atoms with Gasteiger partial charge in [-0.05, 0) is 26.5 Å². The van der Waals surface area contributed by atoms with E-state index < -0.39 is 0 Å². The summed E-state index contributed by atoms with van der Waals surface area (Å²) < 4.78 is 1.80. The fraction of sp³-hybridized carbons (Fsp3) is 0.600. The van der Waals surface area contributed by atoms with Gasteiger partial charge in [-0.2, -0.15) is 5.10 Å². The molecule has 1 heterocycles. The molecule has 0 aromatic carbocycles. The van der Waals surface area contributed by atoms with E-state index in [4.69, 9.17) is 5.73 Å². The van der Waals surface area contributed by atoms with Gasteiger partial charge in [0, 0.05) is 11.9 Å². The second-order valence-electron chi connectivity index (χ2n) is 3.60. The molecule has 5 heteroatoms. The van der Waals surface area contributed by atoms with Crippen molar-refractivity contribution < 1.29 is 4.79 Å². The zero-order chi connectivity index (χ0) is 11.4. The monoisotopic (exact) mass is 210 g/mol. The summed E-state index contributed by atoms with van der Waals surface area (Å²) >= 11 is 0. The molecule has 5 nitrogen and oxygen atoms in total. The normalized spacial score (nSPS) is 14.9. The van der Waals surface area contributed by atoms with Gasteiger partial charge < -0.3 is 11.1 Å². The number of carbonyl (C=O) groups is 1. The molecule has 2 atom stereocenters. The minimum Gasteiger partial charge on any atom is -0.368 e. The summed E-state index contributed by atoms with van der Waals surface area (Å²) in [6.45, 7) is 6.53. The Bertz CT molecular complexity index is 334. The highest BCUT2D eigenvalue weighted by Gasteiger charge is 2.24. The number of likely N-dealkylation sites (N-methyl/N-ethyl adjacent to an activating group) is 1. The Hall–Kier alpha value is -1.36. The van der Waals surface area contributed by atoms with E-state index in [0.717, 1.165) is 5.69 Å². The lowest BCUT2D eigenvalue weighted by atomic mass is 10.1. The van der Waals surface area contributed by atoms with Crippen molar-refractivity contribution in [3.8, 4) is 0 Å². The van der Waals surface area contributed by atoms with Crippen LogP contribution in [0.25, 0.3) is 0 Å². The first-order valence-corrected chi connectivity index (χ1v) is 5.10. The second-order valence-corrected chi connectivity index (χ2v) is 3.60. The molecule has 15 heavy (non-hydrogen) atoms. The molecule has 84 valence electrons. The maximum absolute atomic E-state index is 11.3. The molecule has 0 aliphatic carbocycles. The Labute approximate surface area is 89.6 Å². The molecular formula is C10H18N4O. The molecule has 0 saturated heterocycles. The van der Waals surface area contributed by atoms with Crippen molar-refractivity contribution in [2.45, 2.75) is 32.9 Å². The molecule has 0 bridgehead atoms. The van der Waals surface area contributed by atoms with E-state index in [0.29, 0.717) is 6.54 Å². The summed E-state index contributed by atoms with van der Waals surface area (Å²) in [5.41, 5.74) is 6.36. The first-order chi connectivity index (χ1) is 7.07. The largest absolute Gasteiger partial charge is 0.368 e. The van der Waals surface area contributed by atoms with E-state index in [1.807, 2.05) is 26.8 Å². The molecule has 1 amide bonds. The average molecular weight is 210 g/mol. The Morgan fingerprint density at radius 1 is 1.73 bits per heavy atom. The molecule has 0 spiro atoms. The van der Waals surface area contributed by atoms with E-state index >= 15 is 0 Å². The third-order valence-corrected chi connectivity index (χ3v) is 2.47. The molecule has 3 N–H and O–H groups in total. The van der Waals surface area contributed by atoms with Crippen molar-refractivity contribution in [2.75, 3.05) is 6.54 Å². The minimum absolute atomic E-state index is 0.0718. The molecule has 1 rings (SSSR count). The number of amides is 1. The summed E-state index contributed by atoms with van der Waals surface area (Å²) in [6, 6.07) is 1.45. The average Bonchev–Trinajstić information content (AvgIpc) is 2.59. The highest BCUT2D eigenvalue weighted by atomic mass is 16.1. The molecule has 0 fully saturated rings. The lowest BCUT2D eigenvalue weighted by Gasteiger charge is -2.23. The maximum atomic E-state index is 11.3. The van der Waals surface area contributed by atoms with E-state index in [1.165, 1.54) is 0 Å². The number of nitrogens with one attached hydrogen (secondary N) is 1. The standard InChI is InChI=1S/C10H18N4O/c1-4-12-9(10(11)15)8(3)14-7(2)5-6-13-14/h5-6,8-9,12H,4H2,1-3H3,(H2,11,15). The first-order valence-electron chi connectivity index (χ1n) is 5.10. The van der Waals surface area contributed by atoms with Gasteiger partial charge in [0.25, 0.3) is 0 Å². The van der Waals surface area contributed by atoms with Crippen LogP contribution in [0.2, 0.25) is 0 Å². The minimum atomic E-state index is -0.381. The molecule has 1 aromatic rings. The maximum Gasteiger partial charge on any atom is 0.236 e. The van der Waals surface area contributed by atoms with Gasteiger partial charge in [0.1, 0.15) is 6.04 Å². The van der Waals surface area contributed by atoms with Gasteiger partial charge in [-0.3, -0.25) is 9.48 Å². The topological polar surface area (TPSA) is 72.9 Å². The van der Waals surface area contributed by atoms with Gasteiger partial charge in [-0.1, -0.05) is 6.92 Å². The number of aryl methyl sites for hydroxylation is 1. The lowest BCUT2D eigenvalue weighted by Crippen LogP contribution is -2.46. The van der Waals surface area contributed by atoms with E-state index in [9.17, 15) is 4.79 Å². The van der Waals surface area contributed by atoms with Gasteiger partial charge in [0.05, 0.1) is 6.04 Å². The van der Waals surface area contributed by atoms with Gasteiger partial charge in [-0.25, -0.2) is 0 Å². The number of aromatic nitrogens is 2. The summed E-state index contributed by atoms with van der Waals surface area (Å²) in [5.74, 6) is -0.348. The lowest BCUT2D eigenvalue weighted by molar-refractivity contribution is -0.121. The predicted octanol–water partition coefficient (Wildman–Crippen LogP) is 0.216. The van der Waals surface area contributed by atoms with Crippen LogP contribution in [-0.4, -0.2) is 28.3 Å². The Morgan fingerprint density at radius 2 is 2.40 bits per heavy atom. The van der Waals surface area contributed by atoms with Crippen LogP contribution in [0.4, 0.5) is 0 Å². The van der Waals surface area contributed by atoms with Gasteiger partial charge in [-0.15, -0.1) is 0 Å². The van der Waals surface area contributed by atoms with Crippen LogP contribution in [0.15, 0.2) is 12.3 Å². The zero-order valence-corrected chi connectivity index (χ0v) is 9.40. The summed E-state index contributed by atoms with van der Waals surface area (Å²) in [7, 11) is 0. The van der Waals surface area contributed by atoms with Crippen LogP contribution in [0.5, 0.6) is 0 Å². The summed E-state index contributed by atoms with van der Waals surface area (Å²) in [5, 5.41) is 7.23. The molecule has 0 radical (unpaired) electrons.